The maximum absolute atomic E-state index is 5.41. The molecular weight excluding hydrogens is 600 g/mol. The summed E-state index contributed by atoms with van der Waals surface area (Å²) in [6, 6.07) is 12.2. The van der Waals surface area contributed by atoms with Gasteiger partial charge in [0.1, 0.15) is 17.1 Å². The molecule has 2 aromatic heterocycles. The number of fused-ring (bicyclic) bond motifs is 3. The van der Waals surface area contributed by atoms with Crippen LogP contribution in [0.1, 0.15) is 22.8 Å². The van der Waals surface area contributed by atoms with E-state index in [2.05, 4.69) is 73.9 Å². The zero-order valence-electron chi connectivity index (χ0n) is 15.2. The average molecular weight is 610 g/mol. The van der Waals surface area contributed by atoms with Crippen LogP contribution >= 0.6 is 80.7 Å². The quantitative estimate of drug-likeness (QED) is 0.169. The molecule has 4 N–H and O–H groups in total. The molecule has 0 saturated carbocycles. The fourth-order valence-corrected chi connectivity index (χ4v) is 5.66. The molecule has 0 radical (unpaired) electrons. The minimum Gasteiger partial charge on any atom is -0.319 e. The standard InChI is InChI=1S/C19H10Br2N6S4/c20-7-1-3-9-10-4-2-8(21)6-12(10)19(11(9)5-7,13-22-15(28)26-16(29)23-13)14-24-17(30)27-18(31)25-14/h1-6H,(H2,22,23,26,28,29)(H2,24,25,27,30,31). The molecule has 2 heterocycles. The smallest absolute Gasteiger partial charge is 0.200 e. The van der Waals surface area contributed by atoms with Crippen molar-refractivity contribution < 1.29 is 0 Å². The summed E-state index contributed by atoms with van der Waals surface area (Å²) in [4.78, 5) is 21.4. The van der Waals surface area contributed by atoms with Crippen molar-refractivity contribution in [3.8, 4) is 11.1 Å². The maximum Gasteiger partial charge on any atom is 0.200 e. The van der Waals surface area contributed by atoms with Gasteiger partial charge in [0.05, 0.1) is 0 Å². The van der Waals surface area contributed by atoms with Gasteiger partial charge in [-0.1, -0.05) is 44.0 Å². The molecule has 0 fully saturated rings. The summed E-state index contributed by atoms with van der Waals surface area (Å²) in [6.45, 7) is 0. The van der Waals surface area contributed by atoms with E-state index in [1.54, 1.807) is 0 Å². The number of aromatic amines is 4. The van der Waals surface area contributed by atoms with E-state index in [-0.39, 0.29) is 9.54 Å². The highest BCUT2D eigenvalue weighted by atomic mass is 79.9. The van der Waals surface area contributed by atoms with E-state index in [1.165, 1.54) is 0 Å². The van der Waals surface area contributed by atoms with E-state index in [1.807, 2.05) is 24.3 Å². The molecule has 0 atom stereocenters. The van der Waals surface area contributed by atoms with Crippen molar-refractivity contribution in [1.29, 1.82) is 0 Å². The number of halogens is 2. The molecule has 0 unspecified atom stereocenters. The van der Waals surface area contributed by atoms with Crippen LogP contribution in [0.3, 0.4) is 0 Å². The van der Waals surface area contributed by atoms with Gasteiger partial charge in [-0.15, -0.1) is 0 Å². The van der Waals surface area contributed by atoms with Gasteiger partial charge in [0.15, 0.2) is 9.54 Å². The van der Waals surface area contributed by atoms with Crippen molar-refractivity contribution in [3.63, 3.8) is 0 Å². The van der Waals surface area contributed by atoms with Gasteiger partial charge in [0, 0.05) is 8.95 Å². The molecule has 31 heavy (non-hydrogen) atoms. The lowest BCUT2D eigenvalue weighted by atomic mass is 9.76. The normalized spacial score (nSPS) is 13.6. The minimum atomic E-state index is -1.01. The molecule has 12 heteroatoms. The van der Waals surface area contributed by atoms with Gasteiger partial charge in [0.25, 0.3) is 0 Å². The third-order valence-electron chi connectivity index (χ3n) is 5.10. The van der Waals surface area contributed by atoms with Crippen LogP contribution in [0.5, 0.6) is 0 Å². The van der Waals surface area contributed by atoms with Gasteiger partial charge >= 0.3 is 0 Å². The first-order chi connectivity index (χ1) is 14.8. The van der Waals surface area contributed by atoms with Crippen LogP contribution in [0.4, 0.5) is 0 Å². The summed E-state index contributed by atoms with van der Waals surface area (Å²) in [6.07, 6.45) is 0. The minimum absolute atomic E-state index is 0.262. The summed E-state index contributed by atoms with van der Waals surface area (Å²) in [7, 11) is 0. The first kappa shape index (κ1) is 21.2. The number of aromatic nitrogens is 6. The lowest BCUT2D eigenvalue weighted by molar-refractivity contribution is 0.624. The molecule has 1 aliphatic rings. The molecule has 4 aromatic rings. The number of hydrogen-bond acceptors (Lipinski definition) is 6. The Hall–Kier alpha value is -1.70. The van der Waals surface area contributed by atoms with Crippen LogP contribution in [-0.4, -0.2) is 29.9 Å². The van der Waals surface area contributed by atoms with Crippen LogP contribution in [0.25, 0.3) is 11.1 Å². The van der Waals surface area contributed by atoms with E-state index in [0.717, 1.165) is 31.2 Å². The maximum atomic E-state index is 5.41. The van der Waals surface area contributed by atoms with E-state index in [4.69, 9.17) is 48.9 Å². The monoisotopic (exact) mass is 608 g/mol. The highest BCUT2D eigenvalue weighted by molar-refractivity contribution is 9.10. The number of hydrogen-bond donors (Lipinski definition) is 4. The second kappa shape index (κ2) is 7.71. The number of nitrogens with one attached hydrogen (secondary N) is 4. The third kappa shape index (κ3) is 3.36. The first-order valence-corrected chi connectivity index (χ1v) is 12.0. The second-order valence-electron chi connectivity index (χ2n) is 6.82. The lowest BCUT2D eigenvalue weighted by Crippen LogP contribution is -2.34. The Morgan fingerprint density at radius 1 is 0.645 bits per heavy atom. The molecule has 0 spiro atoms. The van der Waals surface area contributed by atoms with Crippen molar-refractivity contribution in [2.45, 2.75) is 5.41 Å². The first-order valence-electron chi connectivity index (χ1n) is 8.81. The zero-order chi connectivity index (χ0) is 21.9. The molecule has 0 saturated heterocycles. The molecule has 0 amide bonds. The number of benzene rings is 2. The number of rotatable bonds is 2. The summed E-state index contributed by atoms with van der Waals surface area (Å²) in [5.74, 6) is 1.02. The fraction of sp³-hybridized carbons (Fsp3) is 0.0526. The van der Waals surface area contributed by atoms with Gasteiger partial charge < -0.3 is 19.9 Å². The number of H-pyrrole nitrogens is 4. The highest BCUT2D eigenvalue weighted by Crippen LogP contribution is 2.55. The van der Waals surface area contributed by atoms with E-state index < -0.39 is 5.41 Å². The molecule has 6 nitrogen and oxygen atoms in total. The van der Waals surface area contributed by atoms with Crippen molar-refractivity contribution in [3.05, 3.63) is 87.2 Å². The van der Waals surface area contributed by atoms with Gasteiger partial charge in [-0.05, 0) is 95.4 Å². The SMILES string of the molecule is S=c1nc(C2(c3nc(=S)[nH]c(=S)[nH]3)c3cc(Br)ccc3-c3ccc(Br)cc32)[nH]c(=S)[nH]1. The predicted molar refractivity (Wildman–Crippen MR) is 135 cm³/mol. The predicted octanol–water partition coefficient (Wildman–Crippen LogP) is 6.60. The Labute approximate surface area is 212 Å². The van der Waals surface area contributed by atoms with Gasteiger partial charge in [-0.3, -0.25) is 0 Å². The second-order valence-corrected chi connectivity index (χ2v) is 10.2. The summed E-state index contributed by atoms with van der Waals surface area (Å²) < 4.78 is 3.04. The molecule has 0 bridgehead atoms. The average Bonchev–Trinajstić information content (AvgIpc) is 2.96. The summed E-state index contributed by atoms with van der Waals surface area (Å²) >= 11 is 28.8. The molecule has 2 aromatic carbocycles. The molecular formula is C19H10Br2N6S4. The Kier molecular flexibility index (Phi) is 5.26. The van der Waals surface area contributed by atoms with Crippen molar-refractivity contribution in [1.82, 2.24) is 29.9 Å². The van der Waals surface area contributed by atoms with E-state index in [9.17, 15) is 0 Å². The topological polar surface area (TPSA) is 88.9 Å². The Bertz CT molecular complexity index is 1440. The largest absolute Gasteiger partial charge is 0.319 e. The highest BCUT2D eigenvalue weighted by Gasteiger charge is 2.50. The van der Waals surface area contributed by atoms with E-state index in [0.29, 0.717) is 21.2 Å². The Morgan fingerprint density at radius 2 is 1.06 bits per heavy atom. The van der Waals surface area contributed by atoms with Gasteiger partial charge in [0.2, 0.25) is 9.54 Å². The van der Waals surface area contributed by atoms with E-state index >= 15 is 0 Å². The third-order valence-corrected chi connectivity index (χ3v) is 6.88. The van der Waals surface area contributed by atoms with Gasteiger partial charge in [-0.25, -0.2) is 9.97 Å². The van der Waals surface area contributed by atoms with Crippen LogP contribution in [0.15, 0.2) is 45.3 Å². The molecule has 154 valence electrons. The zero-order valence-corrected chi connectivity index (χ0v) is 21.7. The molecule has 1 aliphatic carbocycles. The summed E-state index contributed by atoms with van der Waals surface area (Å²) in [5.41, 5.74) is 2.93. The van der Waals surface area contributed by atoms with Crippen LogP contribution in [0.2, 0.25) is 0 Å². The Morgan fingerprint density at radius 3 is 1.45 bits per heavy atom. The summed E-state index contributed by atoms with van der Waals surface area (Å²) in [5, 5.41) is 0. The van der Waals surface area contributed by atoms with Crippen molar-refractivity contribution >= 4 is 80.7 Å². The van der Waals surface area contributed by atoms with Crippen molar-refractivity contribution in [2.24, 2.45) is 0 Å². The van der Waals surface area contributed by atoms with Crippen LogP contribution in [0, 0.1) is 19.1 Å². The van der Waals surface area contributed by atoms with Crippen LogP contribution in [-0.2, 0) is 5.41 Å². The number of nitrogens with zero attached hydrogens (tertiary/aromatic N) is 2. The lowest BCUT2D eigenvalue weighted by Gasteiger charge is -2.30. The molecule has 0 aliphatic heterocycles. The Balaban J connectivity index is 2.08. The fourth-order valence-electron chi connectivity index (χ4n) is 4.03. The van der Waals surface area contributed by atoms with Crippen LogP contribution < -0.4 is 0 Å². The van der Waals surface area contributed by atoms with Gasteiger partial charge in [-0.2, -0.15) is 0 Å². The molecule has 5 rings (SSSR count). The van der Waals surface area contributed by atoms with Crippen molar-refractivity contribution in [2.75, 3.05) is 0 Å².